The zero-order chi connectivity index (χ0) is 13.5. The fourth-order valence-electron chi connectivity index (χ4n) is 2.82. The van der Waals surface area contributed by atoms with Gasteiger partial charge in [-0.25, -0.2) is 9.97 Å². The van der Waals surface area contributed by atoms with Gasteiger partial charge in [0.2, 0.25) is 0 Å². The van der Waals surface area contributed by atoms with Crippen molar-refractivity contribution in [2.24, 2.45) is 0 Å². The molecule has 102 valence electrons. The van der Waals surface area contributed by atoms with Crippen molar-refractivity contribution in [2.45, 2.75) is 31.7 Å². The molecule has 0 amide bonds. The van der Waals surface area contributed by atoms with Crippen LogP contribution in [0.15, 0.2) is 28.7 Å². The fraction of sp³-hybridized carbons (Fsp3) is 0.375. The van der Waals surface area contributed by atoms with Crippen LogP contribution < -0.4 is 5.32 Å². The van der Waals surface area contributed by atoms with Gasteiger partial charge < -0.3 is 5.32 Å². The second-order valence-corrected chi connectivity index (χ2v) is 6.48. The van der Waals surface area contributed by atoms with Crippen LogP contribution in [0.3, 0.4) is 0 Å². The Morgan fingerprint density at radius 1 is 1.20 bits per heavy atom. The van der Waals surface area contributed by atoms with Crippen LogP contribution in [0.25, 0.3) is 11.4 Å². The van der Waals surface area contributed by atoms with E-state index < -0.39 is 0 Å². The van der Waals surface area contributed by atoms with Crippen molar-refractivity contribution in [1.29, 1.82) is 0 Å². The standard InChI is InChI=1S/C16H16BrN3/c17-12-3-1-2-11(8-12)16-19-14-6-7-18-9-13(14)15(20-16)10-4-5-10/h1-3,8,10,18H,4-7,9H2. The summed E-state index contributed by atoms with van der Waals surface area (Å²) in [5, 5.41) is 3.44. The molecule has 1 aromatic heterocycles. The number of nitrogens with one attached hydrogen (secondary N) is 1. The summed E-state index contributed by atoms with van der Waals surface area (Å²) >= 11 is 3.53. The number of nitrogens with zero attached hydrogens (tertiary/aromatic N) is 2. The first-order valence-corrected chi connectivity index (χ1v) is 7.97. The molecule has 4 heteroatoms. The molecule has 1 aliphatic carbocycles. The molecule has 1 fully saturated rings. The van der Waals surface area contributed by atoms with Crippen LogP contribution in [0.1, 0.15) is 35.7 Å². The highest BCUT2D eigenvalue weighted by Crippen LogP contribution is 2.42. The van der Waals surface area contributed by atoms with Gasteiger partial charge >= 0.3 is 0 Å². The topological polar surface area (TPSA) is 37.8 Å². The van der Waals surface area contributed by atoms with Crippen molar-refractivity contribution < 1.29 is 0 Å². The highest BCUT2D eigenvalue weighted by atomic mass is 79.9. The van der Waals surface area contributed by atoms with Gasteiger partial charge in [0.05, 0.1) is 11.4 Å². The van der Waals surface area contributed by atoms with Gasteiger partial charge in [0.25, 0.3) is 0 Å². The van der Waals surface area contributed by atoms with E-state index in [1.807, 2.05) is 12.1 Å². The molecule has 3 nitrogen and oxygen atoms in total. The largest absolute Gasteiger partial charge is 0.312 e. The molecule has 0 atom stereocenters. The zero-order valence-corrected chi connectivity index (χ0v) is 12.8. The molecule has 0 unspecified atom stereocenters. The van der Waals surface area contributed by atoms with Crippen LogP contribution in [0.2, 0.25) is 0 Å². The quantitative estimate of drug-likeness (QED) is 0.917. The fourth-order valence-corrected chi connectivity index (χ4v) is 3.22. The van der Waals surface area contributed by atoms with E-state index in [4.69, 9.17) is 9.97 Å². The zero-order valence-electron chi connectivity index (χ0n) is 11.2. The average Bonchev–Trinajstić information content (AvgIpc) is 3.31. The SMILES string of the molecule is Brc1cccc(-c2nc3c(c(C4CC4)n2)CNCC3)c1. The summed E-state index contributed by atoms with van der Waals surface area (Å²) in [5.74, 6) is 1.55. The Bertz CT molecular complexity index is 665. The predicted octanol–water partition coefficient (Wildman–Crippen LogP) is 3.43. The molecule has 20 heavy (non-hydrogen) atoms. The third kappa shape index (κ3) is 2.27. The number of hydrogen-bond acceptors (Lipinski definition) is 3. The van der Waals surface area contributed by atoms with Gasteiger partial charge in [-0.2, -0.15) is 0 Å². The maximum absolute atomic E-state index is 4.89. The predicted molar refractivity (Wildman–Crippen MR) is 82.6 cm³/mol. The van der Waals surface area contributed by atoms with E-state index in [1.165, 1.54) is 29.8 Å². The van der Waals surface area contributed by atoms with E-state index in [2.05, 4.69) is 33.4 Å². The number of hydrogen-bond donors (Lipinski definition) is 1. The van der Waals surface area contributed by atoms with Crippen LogP contribution in [-0.2, 0) is 13.0 Å². The molecule has 0 radical (unpaired) electrons. The molecule has 2 heterocycles. The van der Waals surface area contributed by atoms with Crippen LogP contribution >= 0.6 is 15.9 Å². The Morgan fingerprint density at radius 3 is 2.90 bits per heavy atom. The maximum Gasteiger partial charge on any atom is 0.159 e. The van der Waals surface area contributed by atoms with Crippen LogP contribution in [0, 0.1) is 0 Å². The molecule has 0 saturated heterocycles. The van der Waals surface area contributed by atoms with Crippen molar-refractivity contribution in [1.82, 2.24) is 15.3 Å². The molecule has 1 aliphatic heterocycles. The third-order valence-corrected chi connectivity index (χ3v) is 4.51. The van der Waals surface area contributed by atoms with E-state index in [-0.39, 0.29) is 0 Å². The molecule has 0 spiro atoms. The summed E-state index contributed by atoms with van der Waals surface area (Å²) < 4.78 is 1.07. The Morgan fingerprint density at radius 2 is 2.10 bits per heavy atom. The van der Waals surface area contributed by atoms with Gasteiger partial charge in [0.1, 0.15) is 0 Å². The van der Waals surface area contributed by atoms with Gasteiger partial charge in [-0.05, 0) is 25.0 Å². The van der Waals surface area contributed by atoms with Gasteiger partial charge in [-0.15, -0.1) is 0 Å². The second-order valence-electron chi connectivity index (χ2n) is 5.57. The van der Waals surface area contributed by atoms with Crippen LogP contribution in [-0.4, -0.2) is 16.5 Å². The molecule has 4 rings (SSSR count). The second kappa shape index (κ2) is 4.93. The van der Waals surface area contributed by atoms with Crippen molar-refractivity contribution >= 4 is 15.9 Å². The molecular formula is C16H16BrN3. The van der Waals surface area contributed by atoms with Gasteiger partial charge in [-0.1, -0.05) is 28.1 Å². The monoisotopic (exact) mass is 329 g/mol. The van der Waals surface area contributed by atoms with Gasteiger partial charge in [0, 0.05) is 41.0 Å². The highest BCUT2D eigenvalue weighted by molar-refractivity contribution is 9.10. The van der Waals surface area contributed by atoms with E-state index in [0.29, 0.717) is 5.92 Å². The number of rotatable bonds is 2. The summed E-state index contributed by atoms with van der Waals surface area (Å²) in [5.41, 5.74) is 4.99. The first-order valence-electron chi connectivity index (χ1n) is 7.17. The Balaban J connectivity index is 1.86. The van der Waals surface area contributed by atoms with E-state index in [9.17, 15) is 0 Å². The molecule has 2 aliphatic rings. The Kier molecular flexibility index (Phi) is 3.08. The molecular weight excluding hydrogens is 314 g/mol. The lowest BCUT2D eigenvalue weighted by Gasteiger charge is -2.20. The lowest BCUT2D eigenvalue weighted by molar-refractivity contribution is 0.617. The summed E-state index contributed by atoms with van der Waals surface area (Å²) in [6.45, 7) is 1.95. The lowest BCUT2D eigenvalue weighted by Crippen LogP contribution is -2.26. The van der Waals surface area contributed by atoms with Crippen molar-refractivity contribution in [3.8, 4) is 11.4 Å². The minimum Gasteiger partial charge on any atom is -0.312 e. The highest BCUT2D eigenvalue weighted by Gasteiger charge is 2.30. The minimum absolute atomic E-state index is 0.664. The van der Waals surface area contributed by atoms with Gasteiger partial charge in [-0.3, -0.25) is 0 Å². The van der Waals surface area contributed by atoms with Crippen molar-refractivity contribution in [2.75, 3.05) is 6.54 Å². The smallest absolute Gasteiger partial charge is 0.159 e. The minimum atomic E-state index is 0.664. The lowest BCUT2D eigenvalue weighted by atomic mass is 10.0. The summed E-state index contributed by atoms with van der Waals surface area (Å²) in [6.07, 6.45) is 3.57. The van der Waals surface area contributed by atoms with E-state index >= 15 is 0 Å². The molecule has 1 aromatic carbocycles. The molecule has 1 N–H and O–H groups in total. The summed E-state index contributed by atoms with van der Waals surface area (Å²) in [4.78, 5) is 9.71. The molecule has 0 bridgehead atoms. The normalized spacial score (nSPS) is 17.9. The number of benzene rings is 1. The average molecular weight is 330 g/mol. The summed E-state index contributed by atoms with van der Waals surface area (Å²) in [6, 6.07) is 8.26. The molecule has 1 saturated carbocycles. The summed E-state index contributed by atoms with van der Waals surface area (Å²) in [7, 11) is 0. The third-order valence-electron chi connectivity index (χ3n) is 4.01. The Hall–Kier alpha value is -1.26. The van der Waals surface area contributed by atoms with Crippen LogP contribution in [0.5, 0.6) is 0 Å². The number of aromatic nitrogens is 2. The Labute approximate surface area is 127 Å². The number of fused-ring (bicyclic) bond motifs is 1. The first-order chi connectivity index (χ1) is 9.81. The first kappa shape index (κ1) is 12.5. The van der Waals surface area contributed by atoms with E-state index in [0.717, 1.165) is 35.4 Å². The maximum atomic E-state index is 4.89. The van der Waals surface area contributed by atoms with Crippen molar-refractivity contribution in [3.05, 3.63) is 45.7 Å². The number of halogens is 1. The van der Waals surface area contributed by atoms with Crippen molar-refractivity contribution in [3.63, 3.8) is 0 Å². The van der Waals surface area contributed by atoms with E-state index in [1.54, 1.807) is 0 Å². The van der Waals surface area contributed by atoms with Gasteiger partial charge in [0.15, 0.2) is 5.82 Å². The molecule has 2 aromatic rings. The van der Waals surface area contributed by atoms with Crippen LogP contribution in [0.4, 0.5) is 0 Å².